The summed E-state index contributed by atoms with van der Waals surface area (Å²) in [6.45, 7) is 1.89. The maximum atomic E-state index is 11.5. The number of nitrogens with zero attached hydrogens (tertiary/aromatic N) is 1. The molecule has 2 rings (SSSR count). The molecular formula is C15H18N2O3. The molecule has 0 radical (unpaired) electrons. The molecule has 0 fully saturated rings. The van der Waals surface area contributed by atoms with Crippen LogP contribution in [0.2, 0.25) is 0 Å². The summed E-state index contributed by atoms with van der Waals surface area (Å²) in [6.07, 6.45) is 1.86. The molecule has 0 spiro atoms. The number of hydrogen-bond donors (Lipinski definition) is 2. The molecule has 106 valence electrons. The summed E-state index contributed by atoms with van der Waals surface area (Å²) in [5.74, 6) is 1.12. The Balaban J connectivity index is 1.86. The van der Waals surface area contributed by atoms with Gasteiger partial charge in [-0.2, -0.15) is 0 Å². The average Bonchev–Trinajstić information content (AvgIpc) is 2.93. The van der Waals surface area contributed by atoms with E-state index in [1.165, 1.54) is 0 Å². The normalized spacial score (nSPS) is 12.1. The number of hydrogen-bond acceptors (Lipinski definition) is 4. The van der Waals surface area contributed by atoms with E-state index in [2.05, 4.69) is 10.3 Å². The van der Waals surface area contributed by atoms with Crippen LogP contribution in [-0.2, 0) is 11.2 Å². The predicted molar refractivity (Wildman–Crippen MR) is 75.0 cm³/mol. The molecule has 2 N–H and O–H groups in total. The van der Waals surface area contributed by atoms with Crippen molar-refractivity contribution in [2.75, 3.05) is 6.54 Å². The zero-order chi connectivity index (χ0) is 14.4. The number of aliphatic hydroxyl groups excluding tert-OH is 1. The Bertz CT molecular complexity index is 549. The van der Waals surface area contributed by atoms with Gasteiger partial charge >= 0.3 is 0 Å². The molecule has 0 saturated heterocycles. The van der Waals surface area contributed by atoms with Gasteiger partial charge in [0.25, 0.3) is 0 Å². The molecule has 0 aliphatic carbocycles. The smallest absolute Gasteiger partial charge is 0.220 e. The van der Waals surface area contributed by atoms with Crippen LogP contribution in [-0.4, -0.2) is 28.6 Å². The Labute approximate surface area is 117 Å². The Morgan fingerprint density at radius 3 is 2.85 bits per heavy atom. The van der Waals surface area contributed by atoms with Gasteiger partial charge in [0.05, 0.1) is 12.3 Å². The van der Waals surface area contributed by atoms with E-state index < -0.39 is 6.10 Å². The number of amides is 1. The maximum Gasteiger partial charge on any atom is 0.220 e. The highest BCUT2D eigenvalue weighted by Gasteiger charge is 2.09. The highest BCUT2D eigenvalue weighted by molar-refractivity contribution is 5.76. The number of benzene rings is 1. The lowest BCUT2D eigenvalue weighted by Gasteiger charge is -2.05. The quantitative estimate of drug-likeness (QED) is 0.841. The molecule has 20 heavy (non-hydrogen) atoms. The van der Waals surface area contributed by atoms with Gasteiger partial charge in [-0.1, -0.05) is 30.3 Å². The first-order valence-corrected chi connectivity index (χ1v) is 6.60. The minimum absolute atomic E-state index is 0.120. The maximum absolute atomic E-state index is 11.5. The summed E-state index contributed by atoms with van der Waals surface area (Å²) in [6, 6.07) is 9.69. The summed E-state index contributed by atoms with van der Waals surface area (Å²) >= 11 is 0. The lowest BCUT2D eigenvalue weighted by atomic mass is 10.2. The second-order valence-corrected chi connectivity index (χ2v) is 4.64. The summed E-state index contributed by atoms with van der Waals surface area (Å²) < 4.78 is 5.61. The van der Waals surface area contributed by atoms with E-state index in [4.69, 9.17) is 9.52 Å². The molecule has 0 bridgehead atoms. The topological polar surface area (TPSA) is 75.4 Å². The fourth-order valence-corrected chi connectivity index (χ4v) is 1.73. The van der Waals surface area contributed by atoms with Gasteiger partial charge in [0.1, 0.15) is 0 Å². The number of carbonyl (C=O) groups excluding carboxylic acids is 1. The van der Waals surface area contributed by atoms with E-state index >= 15 is 0 Å². The van der Waals surface area contributed by atoms with Crippen LogP contribution in [0.25, 0.3) is 11.3 Å². The van der Waals surface area contributed by atoms with Gasteiger partial charge in [-0.05, 0) is 6.92 Å². The fraction of sp³-hybridized carbons (Fsp3) is 0.333. The van der Waals surface area contributed by atoms with Gasteiger partial charge in [0.15, 0.2) is 11.7 Å². The van der Waals surface area contributed by atoms with Gasteiger partial charge in [-0.3, -0.25) is 4.79 Å². The lowest BCUT2D eigenvalue weighted by Crippen LogP contribution is -2.30. The van der Waals surface area contributed by atoms with E-state index in [-0.39, 0.29) is 12.5 Å². The molecule has 1 aromatic heterocycles. The fourth-order valence-electron chi connectivity index (χ4n) is 1.73. The second-order valence-electron chi connectivity index (χ2n) is 4.64. The van der Waals surface area contributed by atoms with Gasteiger partial charge in [0.2, 0.25) is 5.91 Å². The summed E-state index contributed by atoms with van der Waals surface area (Å²) in [7, 11) is 0. The average molecular weight is 274 g/mol. The zero-order valence-electron chi connectivity index (χ0n) is 11.4. The molecular weight excluding hydrogens is 256 g/mol. The van der Waals surface area contributed by atoms with Gasteiger partial charge < -0.3 is 14.8 Å². The van der Waals surface area contributed by atoms with Crippen molar-refractivity contribution in [3.8, 4) is 11.3 Å². The molecule has 1 amide bonds. The summed E-state index contributed by atoms with van der Waals surface area (Å²) in [5.41, 5.74) is 0.963. The van der Waals surface area contributed by atoms with E-state index in [9.17, 15) is 4.79 Å². The second kappa shape index (κ2) is 6.86. The number of rotatable bonds is 6. The van der Waals surface area contributed by atoms with Crippen LogP contribution in [0.15, 0.2) is 40.9 Å². The van der Waals surface area contributed by atoms with Crippen molar-refractivity contribution >= 4 is 5.91 Å². The van der Waals surface area contributed by atoms with Crippen LogP contribution in [0.5, 0.6) is 0 Å². The van der Waals surface area contributed by atoms with Crippen LogP contribution in [0, 0.1) is 0 Å². The standard InChI is InChI=1S/C15H18N2O3/c1-11(18)9-16-14(19)7-8-15-17-10-13(20-15)12-5-3-2-4-6-12/h2-6,10-11,18H,7-9H2,1H3,(H,16,19). The van der Waals surface area contributed by atoms with E-state index in [1.807, 2.05) is 30.3 Å². The number of aromatic nitrogens is 1. The van der Waals surface area contributed by atoms with Gasteiger partial charge in [-0.25, -0.2) is 4.98 Å². The first kappa shape index (κ1) is 14.3. The van der Waals surface area contributed by atoms with Crippen LogP contribution in [0.1, 0.15) is 19.2 Å². The van der Waals surface area contributed by atoms with Crippen molar-refractivity contribution in [2.45, 2.75) is 25.9 Å². The molecule has 1 atom stereocenters. The Morgan fingerprint density at radius 2 is 2.15 bits per heavy atom. The third-order valence-electron chi connectivity index (χ3n) is 2.77. The number of aliphatic hydroxyl groups is 1. The van der Waals surface area contributed by atoms with Crippen LogP contribution in [0.3, 0.4) is 0 Å². The molecule has 1 unspecified atom stereocenters. The number of carbonyl (C=O) groups is 1. The van der Waals surface area contributed by atoms with Crippen molar-refractivity contribution in [1.29, 1.82) is 0 Å². The van der Waals surface area contributed by atoms with Crippen molar-refractivity contribution in [2.24, 2.45) is 0 Å². The van der Waals surface area contributed by atoms with Crippen molar-refractivity contribution in [1.82, 2.24) is 10.3 Å². The molecule has 0 aliphatic rings. The van der Waals surface area contributed by atoms with Crippen LogP contribution >= 0.6 is 0 Å². The van der Waals surface area contributed by atoms with E-state index in [0.717, 1.165) is 5.56 Å². The third kappa shape index (κ3) is 4.20. The van der Waals surface area contributed by atoms with Gasteiger partial charge in [0, 0.05) is 24.9 Å². The number of nitrogens with one attached hydrogen (secondary N) is 1. The van der Waals surface area contributed by atoms with Gasteiger partial charge in [-0.15, -0.1) is 0 Å². The van der Waals surface area contributed by atoms with Crippen LogP contribution < -0.4 is 5.32 Å². The minimum atomic E-state index is -0.537. The summed E-state index contributed by atoms with van der Waals surface area (Å²) in [4.78, 5) is 15.7. The third-order valence-corrected chi connectivity index (χ3v) is 2.77. The molecule has 0 aliphatic heterocycles. The molecule has 0 saturated carbocycles. The molecule has 1 heterocycles. The SMILES string of the molecule is CC(O)CNC(=O)CCc1ncc(-c2ccccc2)o1. The zero-order valence-corrected chi connectivity index (χ0v) is 11.4. The molecule has 5 nitrogen and oxygen atoms in total. The predicted octanol–water partition coefficient (Wildman–Crippen LogP) is 1.77. The Morgan fingerprint density at radius 1 is 1.40 bits per heavy atom. The highest BCUT2D eigenvalue weighted by atomic mass is 16.4. The number of oxazole rings is 1. The van der Waals surface area contributed by atoms with Crippen molar-refractivity contribution < 1.29 is 14.3 Å². The van der Waals surface area contributed by atoms with Crippen molar-refractivity contribution in [3.05, 3.63) is 42.4 Å². The molecule has 2 aromatic rings. The summed E-state index contributed by atoms with van der Waals surface area (Å²) in [5, 5.41) is 11.7. The molecule has 1 aromatic carbocycles. The van der Waals surface area contributed by atoms with E-state index in [0.29, 0.717) is 24.5 Å². The Hall–Kier alpha value is -2.14. The first-order chi connectivity index (χ1) is 9.65. The van der Waals surface area contributed by atoms with E-state index in [1.54, 1.807) is 13.1 Å². The largest absolute Gasteiger partial charge is 0.441 e. The van der Waals surface area contributed by atoms with Crippen LogP contribution in [0.4, 0.5) is 0 Å². The molecule has 5 heteroatoms. The Kier molecular flexibility index (Phi) is 4.90. The lowest BCUT2D eigenvalue weighted by molar-refractivity contribution is -0.121. The highest BCUT2D eigenvalue weighted by Crippen LogP contribution is 2.20. The number of aryl methyl sites for hydroxylation is 1. The minimum Gasteiger partial charge on any atom is -0.441 e. The monoisotopic (exact) mass is 274 g/mol. The van der Waals surface area contributed by atoms with Crippen molar-refractivity contribution in [3.63, 3.8) is 0 Å². The first-order valence-electron chi connectivity index (χ1n) is 6.60.